The van der Waals surface area contributed by atoms with E-state index in [4.69, 9.17) is 11.6 Å². The summed E-state index contributed by atoms with van der Waals surface area (Å²) in [5, 5.41) is 7.83. The summed E-state index contributed by atoms with van der Waals surface area (Å²) in [5.74, 6) is -0.678. The van der Waals surface area contributed by atoms with Gasteiger partial charge in [0.1, 0.15) is 5.82 Å². The van der Waals surface area contributed by atoms with Gasteiger partial charge in [-0.25, -0.2) is 9.18 Å². The lowest BCUT2D eigenvalue weighted by Crippen LogP contribution is -2.32. The highest BCUT2D eigenvalue weighted by molar-refractivity contribution is 6.30. The van der Waals surface area contributed by atoms with Crippen LogP contribution in [0.3, 0.4) is 0 Å². The number of anilines is 1. The number of hydrogen-bond acceptors (Lipinski definition) is 2. The minimum atomic E-state index is -0.558. The summed E-state index contributed by atoms with van der Waals surface area (Å²) in [6.45, 7) is 2.26. The normalized spacial score (nSPS) is 9.84. The van der Waals surface area contributed by atoms with Crippen molar-refractivity contribution in [1.29, 1.82) is 0 Å². The van der Waals surface area contributed by atoms with Crippen LogP contribution in [0, 0.1) is 5.82 Å². The van der Waals surface area contributed by atoms with Crippen molar-refractivity contribution in [1.82, 2.24) is 10.6 Å². The second-order valence-corrected chi connectivity index (χ2v) is 4.28. The van der Waals surface area contributed by atoms with E-state index in [9.17, 15) is 14.0 Å². The first-order chi connectivity index (χ1) is 8.99. The third kappa shape index (κ3) is 6.05. The van der Waals surface area contributed by atoms with Crippen molar-refractivity contribution >= 4 is 29.2 Å². The molecule has 19 heavy (non-hydrogen) atoms. The first-order valence-corrected chi connectivity index (χ1v) is 6.11. The van der Waals surface area contributed by atoms with Gasteiger partial charge in [0.2, 0.25) is 5.91 Å². The molecule has 3 N–H and O–H groups in total. The van der Waals surface area contributed by atoms with E-state index in [0.29, 0.717) is 24.5 Å². The van der Waals surface area contributed by atoms with Gasteiger partial charge in [-0.1, -0.05) is 11.6 Å². The maximum Gasteiger partial charge on any atom is 0.319 e. The van der Waals surface area contributed by atoms with E-state index in [-0.39, 0.29) is 11.6 Å². The summed E-state index contributed by atoms with van der Waals surface area (Å²) < 4.78 is 13.3. The lowest BCUT2D eigenvalue weighted by atomic mass is 10.3. The molecule has 1 rings (SSSR count). The van der Waals surface area contributed by atoms with E-state index >= 15 is 0 Å². The van der Waals surface area contributed by atoms with Crippen molar-refractivity contribution in [3.63, 3.8) is 0 Å². The Morgan fingerprint density at radius 3 is 2.63 bits per heavy atom. The van der Waals surface area contributed by atoms with Crippen LogP contribution in [0.25, 0.3) is 0 Å². The molecule has 0 saturated carbocycles. The highest BCUT2D eigenvalue weighted by Gasteiger charge is 2.06. The minimum absolute atomic E-state index is 0.0202. The molecule has 5 nitrogen and oxygen atoms in total. The highest BCUT2D eigenvalue weighted by atomic mass is 35.5. The van der Waals surface area contributed by atoms with Gasteiger partial charge in [0, 0.05) is 25.0 Å². The molecule has 0 fully saturated rings. The summed E-state index contributed by atoms with van der Waals surface area (Å²) in [6, 6.07) is 3.37. The highest BCUT2D eigenvalue weighted by Crippen LogP contribution is 2.19. The topological polar surface area (TPSA) is 70.2 Å². The van der Waals surface area contributed by atoms with E-state index in [2.05, 4.69) is 16.0 Å². The van der Waals surface area contributed by atoms with Gasteiger partial charge in [-0.2, -0.15) is 0 Å². The summed E-state index contributed by atoms with van der Waals surface area (Å²) >= 11 is 5.70. The fourth-order valence-electron chi connectivity index (χ4n) is 1.31. The molecule has 7 heteroatoms. The maximum absolute atomic E-state index is 13.3. The molecule has 0 aromatic heterocycles. The molecule has 0 bridgehead atoms. The Kier molecular flexibility index (Phi) is 6.08. The van der Waals surface area contributed by atoms with Crippen molar-refractivity contribution < 1.29 is 14.0 Å². The van der Waals surface area contributed by atoms with E-state index in [1.54, 1.807) is 0 Å². The molecule has 0 atom stereocenters. The second kappa shape index (κ2) is 7.58. The largest absolute Gasteiger partial charge is 0.356 e. The van der Waals surface area contributed by atoms with Crippen LogP contribution >= 0.6 is 11.6 Å². The molecular formula is C12H15ClFN3O2. The number of benzene rings is 1. The average molecular weight is 288 g/mol. The molecule has 3 amide bonds. The number of hydrogen-bond donors (Lipinski definition) is 3. The van der Waals surface area contributed by atoms with Crippen LogP contribution < -0.4 is 16.0 Å². The van der Waals surface area contributed by atoms with Crippen LogP contribution in [-0.2, 0) is 4.79 Å². The number of amides is 3. The SMILES string of the molecule is CC(=O)NCCCNC(=O)Nc1cc(Cl)ccc1F. The molecule has 0 unspecified atom stereocenters. The molecule has 0 aliphatic heterocycles. The van der Waals surface area contributed by atoms with Crippen LogP contribution in [0.1, 0.15) is 13.3 Å². The van der Waals surface area contributed by atoms with Crippen LogP contribution in [0.15, 0.2) is 18.2 Å². The monoisotopic (exact) mass is 287 g/mol. The van der Waals surface area contributed by atoms with Crippen molar-refractivity contribution in [2.75, 3.05) is 18.4 Å². The Morgan fingerprint density at radius 2 is 1.95 bits per heavy atom. The Hall–Kier alpha value is -1.82. The third-order valence-electron chi connectivity index (χ3n) is 2.19. The summed E-state index contributed by atoms with van der Waals surface area (Å²) in [7, 11) is 0. The smallest absolute Gasteiger partial charge is 0.319 e. The fourth-order valence-corrected chi connectivity index (χ4v) is 1.49. The van der Waals surface area contributed by atoms with Crippen LogP contribution in [0.5, 0.6) is 0 Å². The molecule has 0 aliphatic rings. The van der Waals surface area contributed by atoms with Crippen LogP contribution in [-0.4, -0.2) is 25.0 Å². The predicted octanol–water partition coefficient (Wildman–Crippen LogP) is 2.13. The summed E-state index contributed by atoms with van der Waals surface area (Å²) in [5.41, 5.74) is 0.0202. The first kappa shape index (κ1) is 15.2. The van der Waals surface area contributed by atoms with Crippen molar-refractivity contribution in [3.05, 3.63) is 29.0 Å². The number of nitrogens with one attached hydrogen (secondary N) is 3. The van der Waals surface area contributed by atoms with E-state index in [1.807, 2.05) is 0 Å². The number of halogens is 2. The van der Waals surface area contributed by atoms with Gasteiger partial charge in [-0.3, -0.25) is 4.79 Å². The van der Waals surface area contributed by atoms with Crippen molar-refractivity contribution in [2.24, 2.45) is 0 Å². The Morgan fingerprint density at radius 1 is 1.26 bits per heavy atom. The molecular weight excluding hydrogens is 273 g/mol. The van der Waals surface area contributed by atoms with Gasteiger partial charge >= 0.3 is 6.03 Å². The molecule has 0 heterocycles. The van der Waals surface area contributed by atoms with Gasteiger partial charge in [0.25, 0.3) is 0 Å². The van der Waals surface area contributed by atoms with E-state index in [0.717, 1.165) is 0 Å². The van der Waals surface area contributed by atoms with Gasteiger partial charge in [0.15, 0.2) is 0 Å². The fraction of sp³-hybridized carbons (Fsp3) is 0.333. The average Bonchev–Trinajstić information content (AvgIpc) is 2.33. The molecule has 1 aromatic carbocycles. The van der Waals surface area contributed by atoms with E-state index < -0.39 is 11.8 Å². The molecule has 0 spiro atoms. The third-order valence-corrected chi connectivity index (χ3v) is 2.42. The predicted molar refractivity (Wildman–Crippen MR) is 71.7 cm³/mol. The van der Waals surface area contributed by atoms with E-state index in [1.165, 1.54) is 25.1 Å². The maximum atomic E-state index is 13.3. The Labute approximate surface area is 115 Å². The Bertz CT molecular complexity index is 468. The van der Waals surface area contributed by atoms with Crippen LogP contribution in [0.4, 0.5) is 14.9 Å². The number of urea groups is 1. The number of rotatable bonds is 5. The lowest BCUT2D eigenvalue weighted by Gasteiger charge is -2.08. The second-order valence-electron chi connectivity index (χ2n) is 3.84. The van der Waals surface area contributed by atoms with Gasteiger partial charge in [0.05, 0.1) is 5.69 Å². The standard InChI is InChI=1S/C12H15ClFN3O2/c1-8(18)15-5-2-6-16-12(19)17-11-7-9(13)3-4-10(11)14/h3-4,7H,2,5-6H2,1H3,(H,15,18)(H2,16,17,19). The molecule has 0 aliphatic carbocycles. The molecule has 0 saturated heterocycles. The van der Waals surface area contributed by atoms with Crippen molar-refractivity contribution in [3.8, 4) is 0 Å². The zero-order chi connectivity index (χ0) is 14.3. The molecule has 104 valence electrons. The van der Waals surface area contributed by atoms with Gasteiger partial charge < -0.3 is 16.0 Å². The zero-order valence-corrected chi connectivity index (χ0v) is 11.2. The zero-order valence-electron chi connectivity index (χ0n) is 10.4. The quantitative estimate of drug-likeness (QED) is 0.726. The number of carbonyl (C=O) groups is 2. The van der Waals surface area contributed by atoms with Crippen LogP contribution in [0.2, 0.25) is 5.02 Å². The lowest BCUT2D eigenvalue weighted by molar-refractivity contribution is -0.118. The van der Waals surface area contributed by atoms with Gasteiger partial charge in [-0.05, 0) is 24.6 Å². The summed E-state index contributed by atoms with van der Waals surface area (Å²) in [4.78, 5) is 22.0. The first-order valence-electron chi connectivity index (χ1n) is 5.73. The number of carbonyl (C=O) groups excluding carboxylic acids is 2. The summed E-state index contributed by atoms with van der Waals surface area (Å²) in [6.07, 6.45) is 0.588. The Balaban J connectivity index is 2.31. The minimum Gasteiger partial charge on any atom is -0.356 e. The van der Waals surface area contributed by atoms with Gasteiger partial charge in [-0.15, -0.1) is 0 Å². The van der Waals surface area contributed by atoms with Crippen molar-refractivity contribution in [2.45, 2.75) is 13.3 Å². The molecule has 0 radical (unpaired) electrons. The molecule has 1 aromatic rings.